The zero-order valence-corrected chi connectivity index (χ0v) is 13.9. The quantitative estimate of drug-likeness (QED) is 0.852. The first kappa shape index (κ1) is 16.7. The molecular weight excluding hydrogens is 323 g/mol. The number of amidine groups is 1. The van der Waals surface area contributed by atoms with E-state index in [-0.39, 0.29) is 17.4 Å². The lowest BCUT2D eigenvalue weighted by Crippen LogP contribution is -2.25. The first-order valence-electron chi connectivity index (χ1n) is 7.66. The molecular formula is C19H17FN2O3. The van der Waals surface area contributed by atoms with E-state index < -0.39 is 0 Å². The summed E-state index contributed by atoms with van der Waals surface area (Å²) in [6.07, 6.45) is 1.99. The van der Waals surface area contributed by atoms with Gasteiger partial charge in [0.05, 0.1) is 14.2 Å². The molecule has 1 aliphatic rings. The summed E-state index contributed by atoms with van der Waals surface area (Å²) in [7, 11) is 3.14. The van der Waals surface area contributed by atoms with Gasteiger partial charge < -0.3 is 14.8 Å². The van der Waals surface area contributed by atoms with Crippen molar-refractivity contribution >= 4 is 17.8 Å². The van der Waals surface area contributed by atoms with Crippen LogP contribution in [0.15, 0.2) is 53.2 Å². The lowest BCUT2D eigenvalue weighted by molar-refractivity contribution is -0.115. The molecule has 5 nitrogen and oxygen atoms in total. The number of hydrogen-bond acceptors (Lipinski definition) is 4. The maximum Gasteiger partial charge on any atom is 0.275 e. The normalized spacial score (nSPS) is 15.1. The second kappa shape index (κ2) is 7.17. The fourth-order valence-corrected chi connectivity index (χ4v) is 2.54. The van der Waals surface area contributed by atoms with Crippen molar-refractivity contribution in [1.29, 1.82) is 0 Å². The zero-order chi connectivity index (χ0) is 17.8. The number of rotatable bonds is 5. The number of carbonyl (C=O) groups excluding carboxylic acids is 1. The summed E-state index contributed by atoms with van der Waals surface area (Å²) in [5, 5.41) is 2.73. The Morgan fingerprint density at radius 2 is 1.92 bits per heavy atom. The fraction of sp³-hybridized carbons (Fsp3) is 0.158. The Hall–Kier alpha value is -3.15. The largest absolute Gasteiger partial charge is 0.493 e. The molecule has 1 amide bonds. The summed E-state index contributed by atoms with van der Waals surface area (Å²) in [6.45, 7) is 0. The van der Waals surface area contributed by atoms with E-state index in [2.05, 4.69) is 10.3 Å². The SMILES string of the molecule is COc1ccc(CC2=N/C(=C/c3cccc(F)c3)C(=O)N2)cc1OC. The molecule has 128 valence electrons. The van der Waals surface area contributed by atoms with Crippen LogP contribution in [0.2, 0.25) is 0 Å². The minimum atomic E-state index is -0.359. The van der Waals surface area contributed by atoms with Gasteiger partial charge in [0.1, 0.15) is 17.3 Å². The van der Waals surface area contributed by atoms with E-state index in [9.17, 15) is 9.18 Å². The van der Waals surface area contributed by atoms with Gasteiger partial charge in [-0.2, -0.15) is 0 Å². The van der Waals surface area contributed by atoms with Crippen LogP contribution < -0.4 is 14.8 Å². The van der Waals surface area contributed by atoms with Gasteiger partial charge in [0.15, 0.2) is 11.5 Å². The number of nitrogens with one attached hydrogen (secondary N) is 1. The predicted molar refractivity (Wildman–Crippen MR) is 93.2 cm³/mol. The molecule has 0 fully saturated rings. The molecule has 1 aliphatic heterocycles. The van der Waals surface area contributed by atoms with Crippen LogP contribution in [0.1, 0.15) is 11.1 Å². The molecule has 0 saturated carbocycles. The smallest absolute Gasteiger partial charge is 0.275 e. The average Bonchev–Trinajstić information content (AvgIpc) is 2.94. The molecule has 0 unspecified atom stereocenters. The Morgan fingerprint density at radius 1 is 1.12 bits per heavy atom. The minimum Gasteiger partial charge on any atom is -0.493 e. The Bertz CT molecular complexity index is 875. The van der Waals surface area contributed by atoms with E-state index in [1.165, 1.54) is 12.1 Å². The molecule has 2 aromatic carbocycles. The molecule has 0 bridgehead atoms. The topological polar surface area (TPSA) is 59.9 Å². The van der Waals surface area contributed by atoms with Crippen LogP contribution >= 0.6 is 0 Å². The number of amides is 1. The van der Waals surface area contributed by atoms with Crippen molar-refractivity contribution in [3.8, 4) is 11.5 Å². The van der Waals surface area contributed by atoms with Gasteiger partial charge in [0, 0.05) is 6.42 Å². The van der Waals surface area contributed by atoms with Gasteiger partial charge in [-0.25, -0.2) is 9.38 Å². The van der Waals surface area contributed by atoms with Crippen molar-refractivity contribution in [2.75, 3.05) is 14.2 Å². The van der Waals surface area contributed by atoms with Crippen LogP contribution in [-0.4, -0.2) is 26.0 Å². The highest BCUT2D eigenvalue weighted by molar-refractivity contribution is 6.14. The maximum atomic E-state index is 13.2. The van der Waals surface area contributed by atoms with E-state index in [0.717, 1.165) is 5.56 Å². The van der Waals surface area contributed by atoms with Gasteiger partial charge in [0.25, 0.3) is 5.91 Å². The van der Waals surface area contributed by atoms with Crippen molar-refractivity contribution in [3.05, 3.63) is 65.1 Å². The molecule has 2 aromatic rings. The molecule has 3 rings (SSSR count). The standard InChI is InChI=1S/C19H17FN2O3/c1-24-16-7-6-13(10-17(16)25-2)11-18-21-15(19(23)22-18)9-12-4-3-5-14(20)8-12/h3-10H,11H2,1-2H3,(H,21,22,23)/b15-9+. The van der Waals surface area contributed by atoms with Gasteiger partial charge in [-0.15, -0.1) is 0 Å². The highest BCUT2D eigenvalue weighted by Gasteiger charge is 2.20. The maximum absolute atomic E-state index is 13.2. The second-order valence-electron chi connectivity index (χ2n) is 5.46. The second-order valence-corrected chi connectivity index (χ2v) is 5.46. The van der Waals surface area contributed by atoms with Crippen LogP contribution in [0.5, 0.6) is 11.5 Å². The van der Waals surface area contributed by atoms with Crippen molar-refractivity contribution < 1.29 is 18.7 Å². The third kappa shape index (κ3) is 3.85. The number of nitrogens with zero attached hydrogens (tertiary/aromatic N) is 1. The lowest BCUT2D eigenvalue weighted by Gasteiger charge is -2.09. The van der Waals surface area contributed by atoms with Crippen LogP contribution in [0.3, 0.4) is 0 Å². The molecule has 0 radical (unpaired) electrons. The first-order valence-corrected chi connectivity index (χ1v) is 7.66. The first-order chi connectivity index (χ1) is 12.1. The van der Waals surface area contributed by atoms with E-state index >= 15 is 0 Å². The summed E-state index contributed by atoms with van der Waals surface area (Å²) in [5.74, 6) is 1.11. The molecule has 6 heteroatoms. The summed E-state index contributed by atoms with van der Waals surface area (Å²) in [5.41, 5.74) is 1.76. The number of halogens is 1. The molecule has 1 heterocycles. The van der Waals surface area contributed by atoms with Crippen molar-refractivity contribution in [2.24, 2.45) is 4.99 Å². The molecule has 0 aromatic heterocycles. The molecule has 0 spiro atoms. The number of aliphatic imine (C=N–C) groups is 1. The third-order valence-corrected chi connectivity index (χ3v) is 3.72. The third-order valence-electron chi connectivity index (χ3n) is 3.72. The van der Waals surface area contributed by atoms with E-state index in [0.29, 0.717) is 29.3 Å². The molecule has 0 saturated heterocycles. The fourth-order valence-electron chi connectivity index (χ4n) is 2.54. The number of methoxy groups -OCH3 is 2. The van der Waals surface area contributed by atoms with E-state index in [1.807, 2.05) is 12.1 Å². The molecule has 0 aliphatic carbocycles. The van der Waals surface area contributed by atoms with E-state index in [4.69, 9.17) is 9.47 Å². The summed E-state index contributed by atoms with van der Waals surface area (Å²) >= 11 is 0. The van der Waals surface area contributed by atoms with Crippen LogP contribution in [0.25, 0.3) is 6.08 Å². The summed E-state index contributed by atoms with van der Waals surface area (Å²) in [6, 6.07) is 11.5. The Morgan fingerprint density at radius 3 is 2.64 bits per heavy atom. The number of carbonyl (C=O) groups is 1. The predicted octanol–water partition coefficient (Wildman–Crippen LogP) is 2.95. The van der Waals surface area contributed by atoms with Crippen molar-refractivity contribution in [1.82, 2.24) is 5.32 Å². The summed E-state index contributed by atoms with van der Waals surface area (Å²) in [4.78, 5) is 16.4. The molecule has 0 atom stereocenters. The van der Waals surface area contributed by atoms with Gasteiger partial charge in [-0.05, 0) is 41.5 Å². The number of ether oxygens (including phenoxy) is 2. The van der Waals surface area contributed by atoms with Gasteiger partial charge in [0.2, 0.25) is 0 Å². The summed E-state index contributed by atoms with van der Waals surface area (Å²) < 4.78 is 23.7. The van der Waals surface area contributed by atoms with Gasteiger partial charge in [-0.3, -0.25) is 4.79 Å². The lowest BCUT2D eigenvalue weighted by atomic mass is 10.1. The molecule has 1 N–H and O–H groups in total. The van der Waals surface area contributed by atoms with Crippen LogP contribution in [0.4, 0.5) is 4.39 Å². The van der Waals surface area contributed by atoms with Crippen LogP contribution in [0, 0.1) is 5.82 Å². The highest BCUT2D eigenvalue weighted by atomic mass is 19.1. The van der Waals surface area contributed by atoms with E-state index in [1.54, 1.807) is 38.5 Å². The minimum absolute atomic E-state index is 0.251. The Labute approximate surface area is 144 Å². The van der Waals surface area contributed by atoms with Gasteiger partial charge >= 0.3 is 0 Å². The van der Waals surface area contributed by atoms with Crippen molar-refractivity contribution in [3.63, 3.8) is 0 Å². The monoisotopic (exact) mass is 340 g/mol. The Kier molecular flexibility index (Phi) is 4.79. The van der Waals surface area contributed by atoms with Crippen LogP contribution in [-0.2, 0) is 11.2 Å². The average molecular weight is 340 g/mol. The van der Waals surface area contributed by atoms with Gasteiger partial charge in [-0.1, -0.05) is 18.2 Å². The van der Waals surface area contributed by atoms with Crippen molar-refractivity contribution in [2.45, 2.75) is 6.42 Å². The Balaban J connectivity index is 1.81. The number of benzene rings is 2. The number of hydrogen-bond donors (Lipinski definition) is 1. The molecule has 25 heavy (non-hydrogen) atoms. The highest BCUT2D eigenvalue weighted by Crippen LogP contribution is 2.28. The zero-order valence-electron chi connectivity index (χ0n) is 13.9.